The number of amides is 1. The predicted molar refractivity (Wildman–Crippen MR) is 137 cm³/mol. The summed E-state index contributed by atoms with van der Waals surface area (Å²) in [6, 6.07) is 9.77. The molecule has 1 unspecified atom stereocenters. The van der Waals surface area contributed by atoms with Crippen molar-refractivity contribution in [1.29, 1.82) is 0 Å². The molecular weight excluding hydrogens is 440 g/mol. The fourth-order valence-electron chi connectivity index (χ4n) is 5.62. The minimum Gasteiger partial charge on any atom is -0.357 e. The van der Waals surface area contributed by atoms with Crippen molar-refractivity contribution in [3.63, 3.8) is 0 Å². The maximum atomic E-state index is 13.6. The largest absolute Gasteiger partial charge is 0.357 e. The van der Waals surface area contributed by atoms with E-state index in [2.05, 4.69) is 51.9 Å². The Kier molecular flexibility index (Phi) is 6.21. The molecule has 0 saturated carbocycles. The van der Waals surface area contributed by atoms with Gasteiger partial charge in [0.1, 0.15) is 0 Å². The van der Waals surface area contributed by atoms with Gasteiger partial charge in [-0.3, -0.25) is 9.59 Å². The number of aromatic nitrogens is 2. The fourth-order valence-corrected chi connectivity index (χ4v) is 5.62. The van der Waals surface area contributed by atoms with Gasteiger partial charge in [0.2, 0.25) is 11.9 Å². The molecule has 1 saturated heterocycles. The molecule has 0 radical (unpaired) electrons. The third-order valence-corrected chi connectivity index (χ3v) is 7.29. The smallest absolute Gasteiger partial charge is 0.242 e. The monoisotopic (exact) mass is 474 g/mol. The first kappa shape index (κ1) is 23.3. The molecule has 1 atom stereocenters. The number of fused-ring (bicyclic) bond motifs is 1. The molecule has 35 heavy (non-hydrogen) atoms. The summed E-state index contributed by atoms with van der Waals surface area (Å²) in [7, 11) is 0. The Morgan fingerprint density at radius 1 is 1.06 bits per heavy atom. The summed E-state index contributed by atoms with van der Waals surface area (Å²) in [4.78, 5) is 41.8. The Morgan fingerprint density at radius 2 is 1.77 bits per heavy atom. The Morgan fingerprint density at radius 3 is 2.49 bits per heavy atom. The van der Waals surface area contributed by atoms with E-state index in [1.165, 1.54) is 0 Å². The first-order valence-electron chi connectivity index (χ1n) is 12.5. The van der Waals surface area contributed by atoms with Crippen molar-refractivity contribution in [2.45, 2.75) is 46.1 Å². The van der Waals surface area contributed by atoms with Crippen LogP contribution in [0.2, 0.25) is 0 Å². The summed E-state index contributed by atoms with van der Waals surface area (Å²) in [5.41, 5.74) is 3.71. The van der Waals surface area contributed by atoms with Crippen LogP contribution in [0.5, 0.6) is 0 Å². The number of anilines is 3. The average molecular weight is 475 g/mol. The molecule has 1 aliphatic carbocycles. The van der Waals surface area contributed by atoms with Crippen LogP contribution >= 0.6 is 0 Å². The zero-order valence-corrected chi connectivity index (χ0v) is 20.8. The summed E-state index contributed by atoms with van der Waals surface area (Å²) in [5, 5.41) is 3.59. The lowest BCUT2D eigenvalue weighted by Gasteiger charge is -2.39. The Hall–Kier alpha value is -3.42. The van der Waals surface area contributed by atoms with Gasteiger partial charge in [-0.1, -0.05) is 32.9 Å². The molecule has 5 rings (SSSR count). The predicted octanol–water partition coefficient (Wildman–Crippen LogP) is 3.48. The van der Waals surface area contributed by atoms with Gasteiger partial charge in [-0.2, -0.15) is 0 Å². The quantitative estimate of drug-likeness (QED) is 0.727. The van der Waals surface area contributed by atoms with E-state index in [0.29, 0.717) is 38.5 Å². The molecule has 1 fully saturated rings. The summed E-state index contributed by atoms with van der Waals surface area (Å²) in [6.45, 7) is 9.30. The normalized spacial score (nSPS) is 21.7. The van der Waals surface area contributed by atoms with Gasteiger partial charge < -0.3 is 20.0 Å². The van der Waals surface area contributed by atoms with Crippen molar-refractivity contribution in [1.82, 2.24) is 14.9 Å². The first-order chi connectivity index (χ1) is 16.9. The minimum absolute atomic E-state index is 0.0801. The maximum absolute atomic E-state index is 13.6. The number of hydrogen-bond acceptors (Lipinski definition) is 7. The van der Waals surface area contributed by atoms with E-state index in [1.54, 1.807) is 18.5 Å². The number of piperazine rings is 1. The van der Waals surface area contributed by atoms with Crippen LogP contribution in [0.15, 0.2) is 54.0 Å². The Balaban J connectivity index is 1.39. The van der Waals surface area contributed by atoms with Gasteiger partial charge in [0.05, 0.1) is 24.0 Å². The first-order valence-corrected chi connectivity index (χ1v) is 12.5. The lowest BCUT2D eigenvalue weighted by Crippen LogP contribution is -2.53. The van der Waals surface area contributed by atoms with Gasteiger partial charge in [-0.15, -0.1) is 0 Å². The molecule has 1 aromatic heterocycles. The van der Waals surface area contributed by atoms with Crippen LogP contribution in [0.1, 0.15) is 40.0 Å². The molecule has 0 bridgehead atoms. The highest BCUT2D eigenvalue weighted by Crippen LogP contribution is 2.44. The van der Waals surface area contributed by atoms with Crippen molar-refractivity contribution in [2.24, 2.45) is 5.41 Å². The fraction of sp³-hybridized carbons (Fsp3) is 0.481. The number of Topliss-reactive ketones (excluding diaryl/α,β-unsaturated/α-hetero) is 1. The summed E-state index contributed by atoms with van der Waals surface area (Å²) >= 11 is 0. The Labute approximate surface area is 207 Å². The highest BCUT2D eigenvalue weighted by molar-refractivity contribution is 6.01. The van der Waals surface area contributed by atoms with Gasteiger partial charge in [0.15, 0.2) is 5.78 Å². The van der Waals surface area contributed by atoms with E-state index in [-0.39, 0.29) is 29.7 Å². The number of para-hydroxylation sites is 2. The second-order valence-electron chi connectivity index (χ2n) is 10.4. The number of nitrogens with zero attached hydrogens (tertiary/aromatic N) is 5. The number of carbonyl (C=O) groups is 2. The molecule has 184 valence electrons. The molecule has 8 nitrogen and oxygen atoms in total. The summed E-state index contributed by atoms with van der Waals surface area (Å²) in [5.74, 6) is 0.980. The van der Waals surface area contributed by atoms with Crippen LogP contribution in [0.3, 0.4) is 0 Å². The van der Waals surface area contributed by atoms with Crippen molar-refractivity contribution in [2.75, 3.05) is 47.8 Å². The molecule has 3 heterocycles. The van der Waals surface area contributed by atoms with Gasteiger partial charge in [-0.05, 0) is 36.5 Å². The van der Waals surface area contributed by atoms with Gasteiger partial charge >= 0.3 is 0 Å². The maximum Gasteiger partial charge on any atom is 0.242 e. The zero-order chi connectivity index (χ0) is 24.6. The van der Waals surface area contributed by atoms with E-state index < -0.39 is 0 Å². The van der Waals surface area contributed by atoms with E-state index in [4.69, 9.17) is 0 Å². The van der Waals surface area contributed by atoms with Crippen molar-refractivity contribution in [3.8, 4) is 0 Å². The zero-order valence-electron chi connectivity index (χ0n) is 20.8. The summed E-state index contributed by atoms with van der Waals surface area (Å²) in [6.07, 6.45) is 5.60. The van der Waals surface area contributed by atoms with Crippen molar-refractivity contribution >= 4 is 29.0 Å². The molecule has 1 amide bonds. The lowest BCUT2D eigenvalue weighted by molar-refractivity contribution is -0.130. The highest BCUT2D eigenvalue weighted by atomic mass is 16.2. The van der Waals surface area contributed by atoms with Gasteiger partial charge in [-0.25, -0.2) is 9.97 Å². The second kappa shape index (κ2) is 9.32. The molecule has 8 heteroatoms. The van der Waals surface area contributed by atoms with Crippen LogP contribution in [-0.2, 0) is 9.59 Å². The molecule has 1 N–H and O–H groups in total. The van der Waals surface area contributed by atoms with Crippen LogP contribution in [0, 0.1) is 5.41 Å². The van der Waals surface area contributed by atoms with E-state index in [0.717, 1.165) is 35.5 Å². The van der Waals surface area contributed by atoms with Gasteiger partial charge in [0, 0.05) is 56.3 Å². The van der Waals surface area contributed by atoms with E-state index in [9.17, 15) is 9.59 Å². The summed E-state index contributed by atoms with van der Waals surface area (Å²) < 4.78 is 0. The Bertz CT molecular complexity index is 1140. The number of rotatable bonds is 4. The number of allylic oxidation sites excluding steroid dienone is 1. The highest BCUT2D eigenvalue weighted by Gasteiger charge is 2.40. The second-order valence-corrected chi connectivity index (χ2v) is 10.4. The van der Waals surface area contributed by atoms with Crippen LogP contribution in [0.4, 0.5) is 17.3 Å². The number of nitrogens with one attached hydrogen (secondary N) is 1. The standard InChI is InChI=1S/C27H34N6O2/c1-4-21-25-20(16-27(2,3)17-23(25)34)30-19-8-5-6-9-22(19)33(21)18-24(35)31-12-14-32(15-13-31)26-28-10-7-11-29-26/h5-11,21,30H,4,12-18H2,1-3H3. The van der Waals surface area contributed by atoms with Crippen LogP contribution in [-0.4, -0.2) is 65.3 Å². The SMILES string of the molecule is CCC1C2=C(CC(C)(C)CC2=O)Nc2ccccc2N1CC(=O)N1CCN(c2ncccn2)CC1. The molecule has 1 aromatic carbocycles. The number of benzene rings is 1. The van der Waals surface area contributed by atoms with Crippen molar-refractivity contribution < 1.29 is 9.59 Å². The third-order valence-electron chi connectivity index (χ3n) is 7.29. The molecular formula is C27H34N6O2. The van der Waals surface area contributed by atoms with E-state index >= 15 is 0 Å². The third kappa shape index (κ3) is 4.61. The molecule has 2 aliphatic heterocycles. The molecule has 2 aromatic rings. The minimum atomic E-state index is -0.132. The molecule has 3 aliphatic rings. The van der Waals surface area contributed by atoms with Crippen LogP contribution in [0.25, 0.3) is 0 Å². The lowest BCUT2D eigenvalue weighted by atomic mass is 9.74. The molecule has 0 spiro atoms. The van der Waals surface area contributed by atoms with Crippen LogP contribution < -0.4 is 15.1 Å². The number of carbonyl (C=O) groups excluding carboxylic acids is 2. The number of ketones is 1. The van der Waals surface area contributed by atoms with E-state index in [1.807, 2.05) is 23.1 Å². The van der Waals surface area contributed by atoms with Crippen molar-refractivity contribution in [3.05, 3.63) is 54.0 Å². The topological polar surface area (TPSA) is 81.7 Å². The van der Waals surface area contributed by atoms with Gasteiger partial charge in [0.25, 0.3) is 0 Å². The number of hydrogen-bond donors (Lipinski definition) is 1. The average Bonchev–Trinajstić information content (AvgIpc) is 2.98.